The Morgan fingerprint density at radius 2 is 1.90 bits per heavy atom. The van der Waals surface area contributed by atoms with Crippen molar-refractivity contribution in [1.29, 1.82) is 0 Å². The lowest BCUT2D eigenvalue weighted by molar-refractivity contribution is 0.258. The van der Waals surface area contributed by atoms with Crippen LogP contribution >= 0.6 is 0 Å². The van der Waals surface area contributed by atoms with E-state index < -0.39 is 0 Å². The Hall–Kier alpha value is -1.13. The Labute approximate surface area is 123 Å². The molecule has 0 spiro atoms. The van der Waals surface area contributed by atoms with Gasteiger partial charge in [-0.15, -0.1) is 0 Å². The molecule has 1 aliphatic heterocycles. The van der Waals surface area contributed by atoms with Gasteiger partial charge in [-0.25, -0.2) is 4.98 Å². The molecule has 2 rings (SSSR count). The van der Waals surface area contributed by atoms with Crippen LogP contribution in [-0.4, -0.2) is 49.7 Å². The second kappa shape index (κ2) is 7.60. The van der Waals surface area contributed by atoms with Crippen LogP contribution < -0.4 is 10.2 Å². The molecule has 112 valence electrons. The third-order valence-corrected chi connectivity index (χ3v) is 3.90. The summed E-state index contributed by atoms with van der Waals surface area (Å²) in [7, 11) is 2.00. The molecule has 0 atom stereocenters. The number of pyridine rings is 1. The van der Waals surface area contributed by atoms with E-state index in [1.165, 1.54) is 24.2 Å². The van der Waals surface area contributed by atoms with Crippen molar-refractivity contribution in [1.82, 2.24) is 15.2 Å². The first kappa shape index (κ1) is 15.3. The zero-order valence-electron chi connectivity index (χ0n) is 13.2. The monoisotopic (exact) mass is 276 g/mol. The molecule has 4 heteroatoms. The molecular formula is C16H28N4. The fourth-order valence-electron chi connectivity index (χ4n) is 2.80. The number of hydrogen-bond donors (Lipinski definition) is 1. The maximum absolute atomic E-state index is 4.81. The van der Waals surface area contributed by atoms with E-state index in [9.17, 15) is 0 Å². The highest BCUT2D eigenvalue weighted by Crippen LogP contribution is 2.18. The lowest BCUT2D eigenvalue weighted by Gasteiger charge is -2.35. The van der Waals surface area contributed by atoms with Crippen LogP contribution in [-0.2, 0) is 13.0 Å². The number of nitrogens with one attached hydrogen (secondary N) is 1. The van der Waals surface area contributed by atoms with E-state index in [1.807, 2.05) is 7.05 Å². The first-order valence-electron chi connectivity index (χ1n) is 7.88. The highest BCUT2D eigenvalue weighted by Gasteiger charge is 2.18. The lowest BCUT2D eigenvalue weighted by atomic mass is 10.1. The molecule has 0 saturated carbocycles. The molecule has 0 amide bonds. The second-order valence-electron chi connectivity index (χ2n) is 5.54. The van der Waals surface area contributed by atoms with Crippen LogP contribution in [0.3, 0.4) is 0 Å². The van der Waals surface area contributed by atoms with Crippen LogP contribution in [0.5, 0.6) is 0 Å². The van der Waals surface area contributed by atoms with Gasteiger partial charge in [0.05, 0.1) is 0 Å². The van der Waals surface area contributed by atoms with Gasteiger partial charge in [-0.3, -0.25) is 4.90 Å². The smallest absolute Gasteiger partial charge is 0.129 e. The van der Waals surface area contributed by atoms with Gasteiger partial charge in [0, 0.05) is 38.4 Å². The third-order valence-electron chi connectivity index (χ3n) is 3.90. The molecule has 20 heavy (non-hydrogen) atoms. The maximum atomic E-state index is 4.81. The minimum atomic E-state index is 0.915. The minimum Gasteiger partial charge on any atom is -0.354 e. The summed E-state index contributed by atoms with van der Waals surface area (Å²) in [6.45, 7) is 11.1. The molecule has 0 aliphatic carbocycles. The zero-order chi connectivity index (χ0) is 14.4. The average Bonchev–Trinajstić information content (AvgIpc) is 2.48. The van der Waals surface area contributed by atoms with Crippen LogP contribution in [0.4, 0.5) is 5.82 Å². The quantitative estimate of drug-likeness (QED) is 0.860. The van der Waals surface area contributed by atoms with Crippen molar-refractivity contribution >= 4 is 5.82 Å². The van der Waals surface area contributed by atoms with Gasteiger partial charge in [0.1, 0.15) is 5.82 Å². The van der Waals surface area contributed by atoms with Crippen molar-refractivity contribution in [3.63, 3.8) is 0 Å². The van der Waals surface area contributed by atoms with Crippen LogP contribution in [0, 0.1) is 0 Å². The Morgan fingerprint density at radius 1 is 1.15 bits per heavy atom. The molecule has 4 nitrogen and oxygen atoms in total. The van der Waals surface area contributed by atoms with Gasteiger partial charge in [-0.2, -0.15) is 0 Å². The highest BCUT2D eigenvalue weighted by molar-refractivity contribution is 5.43. The lowest BCUT2D eigenvalue weighted by Crippen LogP contribution is -2.46. The van der Waals surface area contributed by atoms with Gasteiger partial charge in [-0.05, 0) is 44.1 Å². The normalized spacial score (nSPS) is 16.6. The van der Waals surface area contributed by atoms with E-state index in [4.69, 9.17) is 4.98 Å². The van der Waals surface area contributed by atoms with Crippen molar-refractivity contribution in [2.75, 3.05) is 44.7 Å². The molecule has 1 fully saturated rings. The Morgan fingerprint density at radius 3 is 2.50 bits per heavy atom. The van der Waals surface area contributed by atoms with E-state index in [0.29, 0.717) is 0 Å². The van der Waals surface area contributed by atoms with E-state index in [-0.39, 0.29) is 0 Å². The van der Waals surface area contributed by atoms with Gasteiger partial charge >= 0.3 is 0 Å². The maximum Gasteiger partial charge on any atom is 0.129 e. The summed E-state index contributed by atoms with van der Waals surface area (Å²) in [4.78, 5) is 9.79. The van der Waals surface area contributed by atoms with Crippen molar-refractivity contribution in [3.8, 4) is 0 Å². The first-order valence-corrected chi connectivity index (χ1v) is 7.88. The highest BCUT2D eigenvalue weighted by atomic mass is 15.3. The van der Waals surface area contributed by atoms with Crippen molar-refractivity contribution in [2.24, 2.45) is 0 Å². The Kier molecular flexibility index (Phi) is 5.80. The predicted octanol–water partition coefficient (Wildman–Crippen LogP) is 1.90. The van der Waals surface area contributed by atoms with Crippen molar-refractivity contribution < 1.29 is 0 Å². The number of aryl methyl sites for hydroxylation is 1. The summed E-state index contributed by atoms with van der Waals surface area (Å²) in [5.74, 6) is 1.16. The van der Waals surface area contributed by atoms with Gasteiger partial charge in [0.2, 0.25) is 0 Å². The fraction of sp³-hybridized carbons (Fsp3) is 0.688. The van der Waals surface area contributed by atoms with E-state index in [0.717, 1.165) is 45.0 Å². The molecule has 0 aromatic carbocycles. The summed E-state index contributed by atoms with van der Waals surface area (Å²) in [5, 5.41) is 3.23. The fourth-order valence-corrected chi connectivity index (χ4v) is 2.80. The first-order chi connectivity index (χ1) is 9.76. The molecule has 1 aromatic heterocycles. The number of anilines is 1. The molecule has 1 aliphatic rings. The summed E-state index contributed by atoms with van der Waals surface area (Å²) in [6, 6.07) is 4.46. The molecule has 0 unspecified atom stereocenters. The summed E-state index contributed by atoms with van der Waals surface area (Å²) in [5.41, 5.74) is 2.54. The molecule has 0 radical (unpaired) electrons. The molecule has 0 bridgehead atoms. The SMILES string of the molecule is CCCN1CCN(c2cc(CNC)cc(CC)n2)CC1. The van der Waals surface area contributed by atoms with E-state index >= 15 is 0 Å². The predicted molar refractivity (Wildman–Crippen MR) is 85.3 cm³/mol. The average molecular weight is 276 g/mol. The van der Waals surface area contributed by atoms with Gasteiger partial charge in [0.25, 0.3) is 0 Å². The third kappa shape index (κ3) is 3.93. The van der Waals surface area contributed by atoms with Crippen molar-refractivity contribution in [3.05, 3.63) is 23.4 Å². The molecule has 1 saturated heterocycles. The number of nitrogens with zero attached hydrogens (tertiary/aromatic N) is 3. The summed E-state index contributed by atoms with van der Waals surface area (Å²) < 4.78 is 0. The molecule has 1 aromatic rings. The van der Waals surface area contributed by atoms with Crippen LogP contribution in [0.15, 0.2) is 12.1 Å². The summed E-state index contributed by atoms with van der Waals surface area (Å²) >= 11 is 0. The molecular weight excluding hydrogens is 248 g/mol. The molecule has 2 heterocycles. The van der Waals surface area contributed by atoms with Crippen LogP contribution in [0.2, 0.25) is 0 Å². The van der Waals surface area contributed by atoms with Crippen LogP contribution in [0.1, 0.15) is 31.5 Å². The van der Waals surface area contributed by atoms with Crippen molar-refractivity contribution in [2.45, 2.75) is 33.2 Å². The number of piperazine rings is 1. The zero-order valence-corrected chi connectivity index (χ0v) is 13.2. The Balaban J connectivity index is 2.06. The van der Waals surface area contributed by atoms with E-state index in [2.05, 4.69) is 41.1 Å². The minimum absolute atomic E-state index is 0.915. The number of rotatable bonds is 6. The standard InChI is InChI=1S/C16H28N4/c1-4-6-19-7-9-20(10-8-19)16-12-14(13-17-3)11-15(5-2)18-16/h11-12,17H,4-10,13H2,1-3H3. The number of aromatic nitrogens is 1. The topological polar surface area (TPSA) is 31.4 Å². The Bertz CT molecular complexity index is 411. The largest absolute Gasteiger partial charge is 0.354 e. The van der Waals surface area contributed by atoms with Gasteiger partial charge in [-0.1, -0.05) is 13.8 Å². The van der Waals surface area contributed by atoms with Crippen LogP contribution in [0.25, 0.3) is 0 Å². The van der Waals surface area contributed by atoms with Gasteiger partial charge < -0.3 is 10.2 Å². The second-order valence-corrected chi connectivity index (χ2v) is 5.54. The van der Waals surface area contributed by atoms with Gasteiger partial charge in [0.15, 0.2) is 0 Å². The molecule has 1 N–H and O–H groups in total. The number of hydrogen-bond acceptors (Lipinski definition) is 4. The summed E-state index contributed by atoms with van der Waals surface area (Å²) in [6.07, 6.45) is 2.25. The van der Waals surface area contributed by atoms with E-state index in [1.54, 1.807) is 0 Å².